The molecule has 0 spiro atoms. The van der Waals surface area contributed by atoms with Crippen molar-refractivity contribution in [2.75, 3.05) is 18.1 Å². The van der Waals surface area contributed by atoms with Crippen LogP contribution in [0.1, 0.15) is 11.1 Å². The summed E-state index contributed by atoms with van der Waals surface area (Å²) in [5.41, 5.74) is 10.1. The number of thiol groups is 1. The minimum atomic E-state index is 0.723. The van der Waals surface area contributed by atoms with Crippen LogP contribution in [-0.2, 0) is 6.42 Å². The number of rotatable bonds is 3. The number of nitrogen functional groups attached to an aromatic ring is 1. The predicted molar refractivity (Wildman–Crippen MR) is 76.9 cm³/mol. The van der Waals surface area contributed by atoms with Gasteiger partial charge in [0.05, 0.1) is 0 Å². The Kier molecular flexibility index (Phi) is 3.59. The minimum absolute atomic E-state index is 0.723. The number of nitrogens with one attached hydrogen (secondary N) is 1. The Labute approximate surface area is 107 Å². The second-order valence-corrected chi connectivity index (χ2v) is 4.50. The monoisotopic (exact) mass is 244 g/mol. The van der Waals surface area contributed by atoms with Crippen LogP contribution in [0.5, 0.6) is 0 Å². The molecule has 0 saturated carbocycles. The summed E-state index contributed by atoms with van der Waals surface area (Å²) in [6, 6.07) is 14.3. The second-order valence-electron chi connectivity index (χ2n) is 4.02. The summed E-state index contributed by atoms with van der Waals surface area (Å²) in [6.07, 6.45) is 0.892. The third-order valence-corrected chi connectivity index (χ3v) is 3.11. The molecule has 0 aliphatic carbocycles. The second kappa shape index (κ2) is 5.15. The molecular formula is C14H16N2S. The van der Waals surface area contributed by atoms with Crippen molar-refractivity contribution >= 4 is 24.0 Å². The molecule has 0 aromatic heterocycles. The summed E-state index contributed by atoms with van der Waals surface area (Å²) in [7, 11) is 1.92. The van der Waals surface area contributed by atoms with Gasteiger partial charge >= 0.3 is 0 Å². The highest BCUT2D eigenvalue weighted by atomic mass is 32.1. The average molecular weight is 244 g/mol. The van der Waals surface area contributed by atoms with Crippen LogP contribution in [-0.4, -0.2) is 7.05 Å². The Morgan fingerprint density at radius 1 is 1.12 bits per heavy atom. The van der Waals surface area contributed by atoms with E-state index in [4.69, 9.17) is 5.73 Å². The molecular weight excluding hydrogens is 228 g/mol. The fourth-order valence-electron chi connectivity index (χ4n) is 1.77. The summed E-state index contributed by atoms with van der Waals surface area (Å²) in [5, 5.41) is 3.14. The molecule has 2 nitrogen and oxygen atoms in total. The molecule has 2 aromatic carbocycles. The third-order valence-electron chi connectivity index (χ3n) is 2.72. The van der Waals surface area contributed by atoms with Crippen LogP contribution in [0, 0.1) is 0 Å². The lowest BCUT2D eigenvalue weighted by Crippen LogP contribution is -1.93. The summed E-state index contributed by atoms with van der Waals surface area (Å²) < 4.78 is 0. The molecule has 0 radical (unpaired) electrons. The zero-order valence-electron chi connectivity index (χ0n) is 9.77. The normalized spacial score (nSPS) is 10.2. The van der Waals surface area contributed by atoms with E-state index in [0.29, 0.717) is 0 Å². The van der Waals surface area contributed by atoms with Crippen molar-refractivity contribution in [2.45, 2.75) is 11.3 Å². The first kappa shape index (κ1) is 11.9. The highest BCUT2D eigenvalue weighted by Crippen LogP contribution is 2.20. The van der Waals surface area contributed by atoms with Gasteiger partial charge in [-0.1, -0.05) is 18.2 Å². The highest BCUT2D eigenvalue weighted by molar-refractivity contribution is 7.80. The van der Waals surface area contributed by atoms with E-state index in [2.05, 4.69) is 42.2 Å². The Bertz CT molecular complexity index is 523. The number of anilines is 2. The molecule has 0 amide bonds. The van der Waals surface area contributed by atoms with Gasteiger partial charge in [0.15, 0.2) is 0 Å². The van der Waals surface area contributed by atoms with Gasteiger partial charge in [-0.05, 0) is 41.8 Å². The van der Waals surface area contributed by atoms with Crippen LogP contribution in [0.15, 0.2) is 47.4 Å². The van der Waals surface area contributed by atoms with Crippen molar-refractivity contribution in [1.29, 1.82) is 0 Å². The molecule has 0 fully saturated rings. The van der Waals surface area contributed by atoms with Gasteiger partial charge < -0.3 is 11.1 Å². The van der Waals surface area contributed by atoms with Crippen molar-refractivity contribution in [3.05, 3.63) is 53.6 Å². The Morgan fingerprint density at radius 2 is 1.88 bits per heavy atom. The van der Waals surface area contributed by atoms with E-state index < -0.39 is 0 Å². The molecule has 0 aliphatic heterocycles. The van der Waals surface area contributed by atoms with E-state index >= 15 is 0 Å². The van der Waals surface area contributed by atoms with Gasteiger partial charge in [0.25, 0.3) is 0 Å². The first-order chi connectivity index (χ1) is 8.19. The van der Waals surface area contributed by atoms with Crippen molar-refractivity contribution in [2.24, 2.45) is 0 Å². The van der Waals surface area contributed by atoms with Crippen molar-refractivity contribution in [3.8, 4) is 0 Å². The van der Waals surface area contributed by atoms with Gasteiger partial charge in [0.1, 0.15) is 0 Å². The van der Waals surface area contributed by atoms with Crippen LogP contribution in [0.3, 0.4) is 0 Å². The van der Waals surface area contributed by atoms with Crippen molar-refractivity contribution in [1.82, 2.24) is 0 Å². The molecule has 2 aromatic rings. The number of hydrogen-bond donors (Lipinski definition) is 3. The van der Waals surface area contributed by atoms with E-state index in [1.54, 1.807) is 0 Å². The van der Waals surface area contributed by atoms with E-state index in [1.807, 2.05) is 25.2 Å². The summed E-state index contributed by atoms with van der Waals surface area (Å²) in [6.45, 7) is 0. The first-order valence-electron chi connectivity index (χ1n) is 5.53. The highest BCUT2D eigenvalue weighted by Gasteiger charge is 2.00. The van der Waals surface area contributed by atoms with Gasteiger partial charge in [-0.2, -0.15) is 0 Å². The van der Waals surface area contributed by atoms with Crippen LogP contribution < -0.4 is 11.1 Å². The first-order valence-corrected chi connectivity index (χ1v) is 5.98. The van der Waals surface area contributed by atoms with E-state index in [-0.39, 0.29) is 0 Å². The standard InChI is InChI=1S/C14H16N2S/c1-16-12-4-2-3-10(8-12)7-11-5-6-13(15)14(17)9-11/h2-6,8-9,16-17H,7,15H2,1H3. The lowest BCUT2D eigenvalue weighted by atomic mass is 10.0. The smallest absolute Gasteiger partial charge is 0.0449 e. The lowest BCUT2D eigenvalue weighted by Gasteiger charge is -2.07. The van der Waals surface area contributed by atoms with Gasteiger partial charge in [-0.3, -0.25) is 0 Å². The predicted octanol–water partition coefficient (Wildman–Crippen LogP) is 3.19. The molecule has 0 aliphatic rings. The molecule has 0 bridgehead atoms. The Hall–Kier alpha value is -1.61. The SMILES string of the molecule is CNc1cccc(Cc2ccc(N)c(S)c2)c1. The lowest BCUT2D eigenvalue weighted by molar-refractivity contribution is 1.17. The number of hydrogen-bond acceptors (Lipinski definition) is 3. The molecule has 2 rings (SSSR count). The van der Waals surface area contributed by atoms with Gasteiger partial charge in [-0.15, -0.1) is 12.6 Å². The Morgan fingerprint density at radius 3 is 2.59 bits per heavy atom. The number of benzene rings is 2. The molecule has 0 unspecified atom stereocenters. The van der Waals surface area contributed by atoms with Gasteiger partial charge in [0, 0.05) is 23.3 Å². The largest absolute Gasteiger partial charge is 0.398 e. The fraction of sp³-hybridized carbons (Fsp3) is 0.143. The zero-order valence-corrected chi connectivity index (χ0v) is 10.7. The fourth-order valence-corrected chi connectivity index (χ4v) is 2.01. The van der Waals surface area contributed by atoms with Crippen LogP contribution in [0.2, 0.25) is 0 Å². The van der Waals surface area contributed by atoms with Crippen molar-refractivity contribution < 1.29 is 0 Å². The maximum absolute atomic E-state index is 5.74. The molecule has 3 heteroatoms. The molecule has 0 heterocycles. The van der Waals surface area contributed by atoms with E-state index in [9.17, 15) is 0 Å². The van der Waals surface area contributed by atoms with E-state index in [0.717, 1.165) is 22.7 Å². The quantitative estimate of drug-likeness (QED) is 0.573. The van der Waals surface area contributed by atoms with Crippen LogP contribution >= 0.6 is 12.6 Å². The molecule has 17 heavy (non-hydrogen) atoms. The zero-order chi connectivity index (χ0) is 12.3. The summed E-state index contributed by atoms with van der Waals surface area (Å²) >= 11 is 4.34. The van der Waals surface area contributed by atoms with E-state index in [1.165, 1.54) is 11.1 Å². The molecule has 3 N–H and O–H groups in total. The maximum atomic E-state index is 5.74. The third kappa shape index (κ3) is 2.94. The van der Waals surface area contributed by atoms with Crippen molar-refractivity contribution in [3.63, 3.8) is 0 Å². The average Bonchev–Trinajstić information content (AvgIpc) is 2.34. The molecule has 88 valence electrons. The van der Waals surface area contributed by atoms with Crippen LogP contribution in [0.25, 0.3) is 0 Å². The number of nitrogens with two attached hydrogens (primary N) is 1. The van der Waals surface area contributed by atoms with Gasteiger partial charge in [-0.25, -0.2) is 0 Å². The molecule has 0 saturated heterocycles. The van der Waals surface area contributed by atoms with Gasteiger partial charge in [0.2, 0.25) is 0 Å². The molecule has 0 atom stereocenters. The van der Waals surface area contributed by atoms with Crippen LogP contribution in [0.4, 0.5) is 11.4 Å². The Balaban J connectivity index is 2.22. The summed E-state index contributed by atoms with van der Waals surface area (Å²) in [5.74, 6) is 0. The maximum Gasteiger partial charge on any atom is 0.0449 e. The topological polar surface area (TPSA) is 38.0 Å². The minimum Gasteiger partial charge on any atom is -0.398 e. The summed E-state index contributed by atoms with van der Waals surface area (Å²) in [4.78, 5) is 0.840.